The molecular formula is C11H13BrO3S2. The van der Waals surface area contributed by atoms with Crippen LogP contribution >= 0.6 is 27.7 Å². The summed E-state index contributed by atoms with van der Waals surface area (Å²) >= 11 is 4.96. The first-order valence-corrected chi connectivity index (χ1v) is 8.47. The van der Waals surface area contributed by atoms with Crippen molar-refractivity contribution in [3.8, 4) is 0 Å². The molecule has 0 saturated heterocycles. The number of hydrogen-bond acceptors (Lipinski definition) is 3. The lowest BCUT2D eigenvalue weighted by molar-refractivity contribution is 0.0693. The molecule has 0 aliphatic rings. The molecule has 17 heavy (non-hydrogen) atoms. The Morgan fingerprint density at radius 1 is 1.53 bits per heavy atom. The van der Waals surface area contributed by atoms with Crippen molar-refractivity contribution in [2.45, 2.75) is 11.3 Å². The highest BCUT2D eigenvalue weighted by Crippen LogP contribution is 2.21. The fourth-order valence-electron chi connectivity index (χ4n) is 1.31. The molecule has 0 fully saturated rings. The van der Waals surface area contributed by atoms with Gasteiger partial charge in [-0.25, -0.2) is 4.79 Å². The summed E-state index contributed by atoms with van der Waals surface area (Å²) in [7, 11) is -1.25. The minimum absolute atomic E-state index is 0.121. The molecule has 1 aromatic rings. The van der Waals surface area contributed by atoms with Crippen LogP contribution in [-0.4, -0.2) is 33.0 Å². The second-order valence-corrected chi connectivity index (χ2v) is 6.78. The number of benzene rings is 1. The van der Waals surface area contributed by atoms with Gasteiger partial charge in [-0.15, -0.1) is 0 Å². The van der Waals surface area contributed by atoms with Crippen molar-refractivity contribution in [3.63, 3.8) is 0 Å². The zero-order chi connectivity index (χ0) is 12.8. The molecule has 94 valence electrons. The van der Waals surface area contributed by atoms with Gasteiger partial charge in [0.25, 0.3) is 0 Å². The van der Waals surface area contributed by atoms with Gasteiger partial charge in [-0.05, 0) is 36.6 Å². The highest BCUT2D eigenvalue weighted by atomic mass is 79.9. The van der Waals surface area contributed by atoms with Crippen molar-refractivity contribution in [3.05, 3.63) is 28.2 Å². The molecule has 0 saturated carbocycles. The number of aromatic carboxylic acids is 1. The van der Waals surface area contributed by atoms with E-state index in [1.807, 2.05) is 6.26 Å². The van der Waals surface area contributed by atoms with Crippen molar-refractivity contribution in [1.29, 1.82) is 0 Å². The Morgan fingerprint density at radius 2 is 2.24 bits per heavy atom. The second-order valence-electron chi connectivity index (χ2n) is 3.34. The Labute approximate surface area is 116 Å². The lowest BCUT2D eigenvalue weighted by atomic mass is 10.2. The van der Waals surface area contributed by atoms with Gasteiger partial charge < -0.3 is 5.11 Å². The Hall–Kier alpha value is -0.330. The van der Waals surface area contributed by atoms with Crippen LogP contribution in [0.3, 0.4) is 0 Å². The maximum atomic E-state index is 12.0. The van der Waals surface area contributed by atoms with E-state index in [2.05, 4.69) is 15.9 Å². The number of carboxylic acid groups (broad SMARTS) is 1. The van der Waals surface area contributed by atoms with Gasteiger partial charge in [-0.1, -0.05) is 15.9 Å². The molecule has 0 aromatic heterocycles. The van der Waals surface area contributed by atoms with Crippen LogP contribution in [0.5, 0.6) is 0 Å². The number of halogens is 1. The number of hydrogen-bond donors (Lipinski definition) is 1. The molecule has 0 bridgehead atoms. The highest BCUT2D eigenvalue weighted by molar-refractivity contribution is 9.10. The van der Waals surface area contributed by atoms with E-state index in [-0.39, 0.29) is 5.56 Å². The summed E-state index contributed by atoms with van der Waals surface area (Å²) in [4.78, 5) is 11.4. The second kappa shape index (κ2) is 7.18. The van der Waals surface area contributed by atoms with E-state index in [0.29, 0.717) is 10.6 Å². The molecule has 0 aliphatic heterocycles. The van der Waals surface area contributed by atoms with Crippen LogP contribution in [0.4, 0.5) is 0 Å². The number of carbonyl (C=O) groups is 1. The maximum Gasteiger partial charge on any atom is 0.336 e. The van der Waals surface area contributed by atoms with Gasteiger partial charge in [-0.3, -0.25) is 4.21 Å². The standard InChI is InChI=1S/C11H13BrO3S2/c1-16-5-2-6-17(15)10-7-8(12)3-4-9(10)11(13)14/h3-4,7H,2,5-6H2,1H3,(H,13,14). The molecule has 1 unspecified atom stereocenters. The van der Waals surface area contributed by atoms with Gasteiger partial charge >= 0.3 is 5.97 Å². The summed E-state index contributed by atoms with van der Waals surface area (Å²) in [6.45, 7) is 0. The van der Waals surface area contributed by atoms with Gasteiger partial charge in [0, 0.05) is 10.2 Å². The average molecular weight is 337 g/mol. The molecule has 3 nitrogen and oxygen atoms in total. The normalized spacial score (nSPS) is 12.4. The van der Waals surface area contributed by atoms with Crippen LogP contribution in [0.2, 0.25) is 0 Å². The zero-order valence-electron chi connectivity index (χ0n) is 9.31. The van der Waals surface area contributed by atoms with Gasteiger partial charge in [-0.2, -0.15) is 11.8 Å². The first-order valence-electron chi connectivity index (χ1n) is 4.96. The lowest BCUT2D eigenvalue weighted by Gasteiger charge is -2.06. The van der Waals surface area contributed by atoms with E-state index in [9.17, 15) is 9.00 Å². The predicted molar refractivity (Wildman–Crippen MR) is 75.4 cm³/mol. The van der Waals surface area contributed by atoms with Gasteiger partial charge in [0.05, 0.1) is 21.3 Å². The first kappa shape index (κ1) is 14.7. The van der Waals surface area contributed by atoms with E-state index in [0.717, 1.165) is 16.6 Å². The SMILES string of the molecule is CSCCCS(=O)c1cc(Br)ccc1C(=O)O. The van der Waals surface area contributed by atoms with E-state index in [1.54, 1.807) is 23.9 Å². The van der Waals surface area contributed by atoms with Crippen LogP contribution in [0, 0.1) is 0 Å². The molecule has 0 radical (unpaired) electrons. The lowest BCUT2D eigenvalue weighted by Crippen LogP contribution is -2.07. The third kappa shape index (κ3) is 4.44. The van der Waals surface area contributed by atoms with Crippen molar-refractivity contribution >= 4 is 44.5 Å². The molecule has 1 aromatic carbocycles. The quantitative estimate of drug-likeness (QED) is 0.811. The van der Waals surface area contributed by atoms with E-state index < -0.39 is 16.8 Å². The molecule has 0 aliphatic carbocycles. The minimum Gasteiger partial charge on any atom is -0.478 e. The van der Waals surface area contributed by atoms with Gasteiger partial charge in [0.1, 0.15) is 0 Å². The summed E-state index contributed by atoms with van der Waals surface area (Å²) in [6, 6.07) is 4.75. The van der Waals surface area contributed by atoms with E-state index in [4.69, 9.17) is 5.11 Å². The smallest absolute Gasteiger partial charge is 0.336 e. The summed E-state index contributed by atoms with van der Waals surface area (Å²) < 4.78 is 12.8. The molecule has 0 spiro atoms. The summed E-state index contributed by atoms with van der Waals surface area (Å²) in [6.07, 6.45) is 2.81. The highest BCUT2D eigenvalue weighted by Gasteiger charge is 2.15. The number of thioether (sulfide) groups is 1. The van der Waals surface area contributed by atoms with Crippen molar-refractivity contribution in [1.82, 2.24) is 0 Å². The predicted octanol–water partition coefficient (Wildman–Crippen LogP) is 3.01. The summed E-state index contributed by atoms with van der Waals surface area (Å²) in [5, 5.41) is 9.02. The van der Waals surface area contributed by atoms with Crippen LogP contribution in [0.1, 0.15) is 16.8 Å². The molecule has 1 rings (SSSR count). The van der Waals surface area contributed by atoms with Crippen LogP contribution < -0.4 is 0 Å². The fourth-order valence-corrected chi connectivity index (χ4v) is 3.72. The van der Waals surface area contributed by atoms with Crippen molar-refractivity contribution in [2.24, 2.45) is 0 Å². The Kier molecular flexibility index (Phi) is 6.22. The van der Waals surface area contributed by atoms with E-state index in [1.165, 1.54) is 6.07 Å². The monoisotopic (exact) mass is 336 g/mol. The van der Waals surface area contributed by atoms with E-state index >= 15 is 0 Å². The molecule has 1 atom stereocenters. The fraction of sp³-hybridized carbons (Fsp3) is 0.364. The Bertz CT molecular complexity index is 435. The average Bonchev–Trinajstić information content (AvgIpc) is 2.28. The molecular weight excluding hydrogens is 324 g/mol. The zero-order valence-corrected chi connectivity index (χ0v) is 12.5. The van der Waals surface area contributed by atoms with Crippen LogP contribution in [-0.2, 0) is 10.8 Å². The van der Waals surface area contributed by atoms with Crippen molar-refractivity contribution < 1.29 is 14.1 Å². The first-order chi connectivity index (χ1) is 8.06. The topological polar surface area (TPSA) is 54.4 Å². The summed E-state index contributed by atoms with van der Waals surface area (Å²) in [5.41, 5.74) is 0.121. The minimum atomic E-state index is -1.25. The van der Waals surface area contributed by atoms with Crippen LogP contribution in [0.15, 0.2) is 27.6 Å². The summed E-state index contributed by atoms with van der Waals surface area (Å²) in [5.74, 6) is 0.394. The van der Waals surface area contributed by atoms with Crippen molar-refractivity contribution in [2.75, 3.05) is 17.8 Å². The number of carboxylic acids is 1. The van der Waals surface area contributed by atoms with Crippen LogP contribution in [0.25, 0.3) is 0 Å². The number of rotatable bonds is 6. The maximum absolute atomic E-state index is 12.0. The Morgan fingerprint density at radius 3 is 2.82 bits per heavy atom. The van der Waals surface area contributed by atoms with Gasteiger partial charge in [0.15, 0.2) is 0 Å². The molecule has 0 heterocycles. The third-order valence-corrected chi connectivity index (χ3v) is 4.78. The van der Waals surface area contributed by atoms with Gasteiger partial charge in [0.2, 0.25) is 0 Å². The largest absolute Gasteiger partial charge is 0.478 e. The Balaban J connectivity index is 2.90. The molecule has 1 N–H and O–H groups in total. The molecule has 6 heteroatoms. The molecule has 0 amide bonds. The third-order valence-electron chi connectivity index (χ3n) is 2.10.